The van der Waals surface area contributed by atoms with Crippen molar-refractivity contribution >= 4 is 41.7 Å². The number of hydrogen-bond acceptors (Lipinski definition) is 4. The van der Waals surface area contributed by atoms with Crippen LogP contribution in [0.25, 0.3) is 0 Å². The second kappa shape index (κ2) is 9.26. The van der Waals surface area contributed by atoms with Gasteiger partial charge in [-0.3, -0.25) is 0 Å². The van der Waals surface area contributed by atoms with Gasteiger partial charge in [-0.25, -0.2) is 8.42 Å². The molecule has 31 heavy (non-hydrogen) atoms. The van der Waals surface area contributed by atoms with Crippen molar-refractivity contribution in [1.82, 2.24) is 0 Å². The molecule has 4 rings (SSSR count). The van der Waals surface area contributed by atoms with Gasteiger partial charge >= 0.3 is 0 Å². The highest BCUT2D eigenvalue weighted by Gasteiger charge is 2.18. The first-order valence-electron chi connectivity index (χ1n) is 9.22. The first kappa shape index (κ1) is 21.6. The van der Waals surface area contributed by atoms with Crippen LogP contribution in [0.2, 0.25) is 0 Å². The van der Waals surface area contributed by atoms with Gasteiger partial charge in [0, 0.05) is 8.95 Å². The molecule has 0 fully saturated rings. The van der Waals surface area contributed by atoms with E-state index in [0.29, 0.717) is 23.0 Å². The summed E-state index contributed by atoms with van der Waals surface area (Å²) in [6, 6.07) is 27.5. The predicted molar refractivity (Wildman–Crippen MR) is 127 cm³/mol. The molecule has 0 saturated carbocycles. The van der Waals surface area contributed by atoms with E-state index >= 15 is 0 Å². The second-order valence-electron chi connectivity index (χ2n) is 6.56. The Labute approximate surface area is 197 Å². The van der Waals surface area contributed by atoms with Crippen LogP contribution in [0.4, 0.5) is 0 Å². The van der Waals surface area contributed by atoms with Crippen molar-refractivity contribution in [2.45, 2.75) is 9.79 Å². The number of sulfone groups is 1. The maximum atomic E-state index is 13.0. The van der Waals surface area contributed by atoms with E-state index in [0.717, 1.165) is 8.95 Å². The van der Waals surface area contributed by atoms with Gasteiger partial charge in [-0.1, -0.05) is 31.9 Å². The lowest BCUT2D eigenvalue weighted by atomic mass is 10.3. The summed E-state index contributed by atoms with van der Waals surface area (Å²) in [5.74, 6) is 2.44. The molecule has 0 bridgehead atoms. The van der Waals surface area contributed by atoms with E-state index in [1.807, 2.05) is 48.5 Å². The Kier molecular flexibility index (Phi) is 6.46. The molecule has 0 spiro atoms. The molecule has 0 unspecified atom stereocenters. The van der Waals surface area contributed by atoms with Gasteiger partial charge in [0.1, 0.15) is 23.0 Å². The van der Waals surface area contributed by atoms with E-state index in [2.05, 4.69) is 31.9 Å². The van der Waals surface area contributed by atoms with Gasteiger partial charge < -0.3 is 9.47 Å². The van der Waals surface area contributed by atoms with Crippen molar-refractivity contribution in [3.63, 3.8) is 0 Å². The summed E-state index contributed by atoms with van der Waals surface area (Å²) < 4.78 is 39.3. The maximum Gasteiger partial charge on any atom is 0.206 e. The molecule has 0 aliphatic carbocycles. The number of benzene rings is 4. The van der Waals surface area contributed by atoms with E-state index in [-0.39, 0.29) is 9.79 Å². The summed E-state index contributed by atoms with van der Waals surface area (Å²) in [7, 11) is -3.65. The first-order valence-corrected chi connectivity index (χ1v) is 12.3. The lowest BCUT2D eigenvalue weighted by Crippen LogP contribution is -2.01. The molecule has 156 valence electrons. The Bertz CT molecular complexity index is 1170. The zero-order valence-corrected chi connectivity index (χ0v) is 20.0. The molecule has 0 atom stereocenters. The van der Waals surface area contributed by atoms with Gasteiger partial charge in [0.15, 0.2) is 0 Å². The molecule has 0 amide bonds. The lowest BCUT2D eigenvalue weighted by molar-refractivity contribution is 0.482. The molecule has 0 saturated heterocycles. The van der Waals surface area contributed by atoms with Crippen molar-refractivity contribution in [3.8, 4) is 23.0 Å². The summed E-state index contributed by atoms with van der Waals surface area (Å²) >= 11 is 6.75. The predicted octanol–water partition coefficient (Wildman–Crippen LogP) is 7.63. The van der Waals surface area contributed by atoms with Gasteiger partial charge in [0.2, 0.25) is 9.84 Å². The third-order valence-corrected chi connectivity index (χ3v) is 7.21. The fraction of sp³-hybridized carbons (Fsp3) is 0. The molecule has 7 heteroatoms. The minimum atomic E-state index is -3.65. The van der Waals surface area contributed by atoms with Crippen LogP contribution in [0.1, 0.15) is 0 Å². The van der Waals surface area contributed by atoms with Crippen molar-refractivity contribution < 1.29 is 17.9 Å². The third kappa shape index (κ3) is 5.36. The normalized spacial score (nSPS) is 11.2. The van der Waals surface area contributed by atoms with Gasteiger partial charge in [-0.05, 0) is 97.1 Å². The van der Waals surface area contributed by atoms with Crippen LogP contribution in [-0.4, -0.2) is 8.42 Å². The highest BCUT2D eigenvalue weighted by atomic mass is 79.9. The molecule has 0 N–H and O–H groups in total. The lowest BCUT2D eigenvalue weighted by Gasteiger charge is -2.09. The number of ether oxygens (including phenoxy) is 2. The van der Waals surface area contributed by atoms with Crippen LogP contribution in [0.3, 0.4) is 0 Å². The van der Waals surface area contributed by atoms with Crippen LogP contribution in [0.15, 0.2) is 116 Å². The van der Waals surface area contributed by atoms with Crippen molar-refractivity contribution in [2.75, 3.05) is 0 Å². The monoisotopic (exact) mass is 558 g/mol. The largest absolute Gasteiger partial charge is 0.457 e. The topological polar surface area (TPSA) is 52.6 Å². The molecular formula is C24H16Br2O4S. The first-order chi connectivity index (χ1) is 14.9. The zero-order valence-electron chi connectivity index (χ0n) is 16.0. The second-order valence-corrected chi connectivity index (χ2v) is 10.3. The Morgan fingerprint density at radius 1 is 0.452 bits per heavy atom. The summed E-state index contributed by atoms with van der Waals surface area (Å²) in [4.78, 5) is 0.384. The standard InChI is InChI=1S/C24H16Br2O4S/c25-17-1-5-19(6-2-17)29-21-9-13-23(14-10-21)31(27,28)24-15-11-22(12-16-24)30-20-7-3-18(26)4-8-20/h1-16H. The van der Waals surface area contributed by atoms with E-state index in [4.69, 9.17) is 9.47 Å². The van der Waals surface area contributed by atoms with Crippen LogP contribution in [0, 0.1) is 0 Å². The molecule has 0 aromatic heterocycles. The van der Waals surface area contributed by atoms with Gasteiger partial charge in [0.05, 0.1) is 9.79 Å². The molecule has 0 radical (unpaired) electrons. The molecular weight excluding hydrogens is 544 g/mol. The van der Waals surface area contributed by atoms with Crippen LogP contribution in [0.5, 0.6) is 23.0 Å². The number of rotatable bonds is 6. The van der Waals surface area contributed by atoms with Gasteiger partial charge in [-0.2, -0.15) is 0 Å². The quantitative estimate of drug-likeness (QED) is 0.244. The van der Waals surface area contributed by atoms with Gasteiger partial charge in [-0.15, -0.1) is 0 Å². The van der Waals surface area contributed by atoms with E-state index in [1.165, 1.54) is 24.3 Å². The van der Waals surface area contributed by atoms with Crippen LogP contribution in [-0.2, 0) is 9.84 Å². The molecule has 4 aromatic carbocycles. The Hall–Kier alpha value is -2.61. The van der Waals surface area contributed by atoms with Crippen molar-refractivity contribution in [2.24, 2.45) is 0 Å². The molecule has 0 heterocycles. The Morgan fingerprint density at radius 2 is 0.710 bits per heavy atom. The summed E-state index contributed by atoms with van der Waals surface area (Å²) in [6.45, 7) is 0. The molecule has 0 aliphatic heterocycles. The maximum absolute atomic E-state index is 13.0. The van der Waals surface area contributed by atoms with E-state index in [9.17, 15) is 8.42 Å². The van der Waals surface area contributed by atoms with Gasteiger partial charge in [0.25, 0.3) is 0 Å². The molecule has 0 aliphatic rings. The van der Waals surface area contributed by atoms with E-state index in [1.54, 1.807) is 24.3 Å². The highest BCUT2D eigenvalue weighted by molar-refractivity contribution is 9.10. The fourth-order valence-corrected chi connectivity index (χ4v) is 4.58. The molecule has 4 nitrogen and oxygen atoms in total. The zero-order chi connectivity index (χ0) is 21.8. The minimum absolute atomic E-state index is 0.192. The van der Waals surface area contributed by atoms with Crippen molar-refractivity contribution in [1.29, 1.82) is 0 Å². The Morgan fingerprint density at radius 3 is 1.00 bits per heavy atom. The van der Waals surface area contributed by atoms with Crippen molar-refractivity contribution in [3.05, 3.63) is 106 Å². The number of halogens is 2. The highest BCUT2D eigenvalue weighted by Crippen LogP contribution is 2.29. The third-order valence-electron chi connectivity index (χ3n) is 4.37. The average Bonchev–Trinajstić information content (AvgIpc) is 2.78. The molecule has 4 aromatic rings. The fourth-order valence-electron chi connectivity index (χ4n) is 2.79. The Balaban J connectivity index is 1.48. The summed E-state index contributed by atoms with van der Waals surface area (Å²) in [6.07, 6.45) is 0. The SMILES string of the molecule is O=S(=O)(c1ccc(Oc2ccc(Br)cc2)cc1)c1ccc(Oc2ccc(Br)cc2)cc1. The summed E-state index contributed by atoms with van der Waals surface area (Å²) in [5.41, 5.74) is 0. The van der Waals surface area contributed by atoms with Crippen LogP contribution >= 0.6 is 31.9 Å². The van der Waals surface area contributed by atoms with Crippen LogP contribution < -0.4 is 9.47 Å². The number of hydrogen-bond donors (Lipinski definition) is 0. The smallest absolute Gasteiger partial charge is 0.206 e. The van der Waals surface area contributed by atoms with E-state index < -0.39 is 9.84 Å². The minimum Gasteiger partial charge on any atom is -0.457 e. The average molecular weight is 560 g/mol. The summed E-state index contributed by atoms with van der Waals surface area (Å²) in [5, 5.41) is 0.